The lowest BCUT2D eigenvalue weighted by Crippen LogP contribution is -2.50. The topological polar surface area (TPSA) is 81.7 Å². The summed E-state index contributed by atoms with van der Waals surface area (Å²) in [5, 5.41) is 14.4. The minimum atomic E-state index is -0.915. The Morgan fingerprint density at radius 2 is 1.79 bits per heavy atom. The number of nitrogens with one attached hydrogen (secondary N) is 2. The number of nitrogens with zero attached hydrogens (tertiary/aromatic N) is 1. The minimum Gasteiger partial charge on any atom is -0.481 e. The van der Waals surface area contributed by atoms with Gasteiger partial charge in [0.1, 0.15) is 0 Å². The predicted octanol–water partition coefficient (Wildman–Crippen LogP) is 1.13. The molecule has 0 rings (SSSR count). The molecule has 6 heteroatoms. The van der Waals surface area contributed by atoms with Crippen molar-refractivity contribution >= 4 is 12.0 Å². The number of hydrogen-bond acceptors (Lipinski definition) is 3. The van der Waals surface area contributed by atoms with Crippen molar-refractivity contribution < 1.29 is 14.7 Å². The van der Waals surface area contributed by atoms with Crippen molar-refractivity contribution in [2.45, 2.75) is 46.2 Å². The summed E-state index contributed by atoms with van der Waals surface area (Å²) < 4.78 is 0. The monoisotopic (exact) mass is 273 g/mol. The molecule has 112 valence electrons. The standard InChI is InChI=1S/C13H27N3O3/c1-9(16(5)6)8-14-12(19)15-10(7-11(17)18)13(2,3)4/h9-10H,7-8H2,1-6H3,(H,17,18)(H2,14,15,19). The molecule has 0 radical (unpaired) electrons. The van der Waals surface area contributed by atoms with Crippen LogP contribution in [-0.4, -0.2) is 54.7 Å². The maximum atomic E-state index is 11.8. The van der Waals surface area contributed by atoms with E-state index in [0.717, 1.165) is 0 Å². The Kier molecular flexibility index (Phi) is 6.83. The van der Waals surface area contributed by atoms with Gasteiger partial charge in [-0.25, -0.2) is 4.79 Å². The van der Waals surface area contributed by atoms with Gasteiger partial charge in [-0.15, -0.1) is 0 Å². The fourth-order valence-electron chi connectivity index (χ4n) is 1.38. The second kappa shape index (κ2) is 7.33. The first-order valence-corrected chi connectivity index (χ1v) is 6.46. The van der Waals surface area contributed by atoms with Crippen LogP contribution < -0.4 is 10.6 Å². The van der Waals surface area contributed by atoms with Crippen LogP contribution in [0.5, 0.6) is 0 Å². The third kappa shape index (κ3) is 7.66. The van der Waals surface area contributed by atoms with E-state index in [1.807, 2.05) is 46.7 Å². The van der Waals surface area contributed by atoms with Crippen molar-refractivity contribution in [3.05, 3.63) is 0 Å². The molecule has 19 heavy (non-hydrogen) atoms. The van der Waals surface area contributed by atoms with Crippen LogP contribution in [0.25, 0.3) is 0 Å². The van der Waals surface area contributed by atoms with E-state index in [2.05, 4.69) is 10.6 Å². The van der Waals surface area contributed by atoms with E-state index in [1.165, 1.54) is 0 Å². The van der Waals surface area contributed by atoms with Crippen molar-refractivity contribution in [1.29, 1.82) is 0 Å². The van der Waals surface area contributed by atoms with Gasteiger partial charge in [0.25, 0.3) is 0 Å². The molecular formula is C13H27N3O3. The van der Waals surface area contributed by atoms with Crippen molar-refractivity contribution in [2.24, 2.45) is 5.41 Å². The molecule has 2 atom stereocenters. The van der Waals surface area contributed by atoms with Crippen LogP contribution in [0, 0.1) is 5.41 Å². The van der Waals surface area contributed by atoms with Gasteiger partial charge in [-0.05, 0) is 26.4 Å². The highest BCUT2D eigenvalue weighted by Crippen LogP contribution is 2.21. The Labute approximate surface area is 115 Å². The molecule has 2 amide bonds. The molecule has 0 aromatic rings. The third-order valence-electron chi connectivity index (χ3n) is 3.17. The predicted molar refractivity (Wildman–Crippen MR) is 75.2 cm³/mol. The van der Waals surface area contributed by atoms with Gasteiger partial charge in [-0.1, -0.05) is 20.8 Å². The maximum absolute atomic E-state index is 11.8. The highest BCUT2D eigenvalue weighted by molar-refractivity contribution is 5.75. The number of carbonyl (C=O) groups excluding carboxylic acids is 1. The lowest BCUT2D eigenvalue weighted by atomic mass is 9.85. The van der Waals surface area contributed by atoms with Crippen molar-refractivity contribution in [2.75, 3.05) is 20.6 Å². The number of hydrogen-bond donors (Lipinski definition) is 3. The molecule has 0 saturated heterocycles. The SMILES string of the molecule is CC(CNC(=O)NC(CC(=O)O)C(C)(C)C)N(C)C. The molecule has 0 aliphatic carbocycles. The Hall–Kier alpha value is -1.30. The molecular weight excluding hydrogens is 246 g/mol. The molecule has 0 aromatic carbocycles. The zero-order valence-electron chi connectivity index (χ0n) is 12.8. The molecule has 0 saturated carbocycles. The summed E-state index contributed by atoms with van der Waals surface area (Å²) in [5.41, 5.74) is -0.303. The average Bonchev–Trinajstić information content (AvgIpc) is 2.22. The quantitative estimate of drug-likeness (QED) is 0.677. The molecule has 0 aliphatic rings. The summed E-state index contributed by atoms with van der Waals surface area (Å²) in [5.74, 6) is -0.915. The second-order valence-electron chi connectivity index (χ2n) is 6.18. The van der Waals surface area contributed by atoms with E-state index < -0.39 is 12.0 Å². The van der Waals surface area contributed by atoms with E-state index in [1.54, 1.807) is 0 Å². The normalized spacial score (nSPS) is 14.9. The number of carboxylic acids is 1. The van der Waals surface area contributed by atoms with Gasteiger partial charge >= 0.3 is 12.0 Å². The van der Waals surface area contributed by atoms with Crippen LogP contribution in [0.15, 0.2) is 0 Å². The van der Waals surface area contributed by atoms with Gasteiger partial charge < -0.3 is 20.6 Å². The first-order valence-electron chi connectivity index (χ1n) is 6.46. The van der Waals surface area contributed by atoms with Crippen molar-refractivity contribution in [3.63, 3.8) is 0 Å². The van der Waals surface area contributed by atoms with Gasteiger partial charge in [-0.3, -0.25) is 4.79 Å². The second-order valence-corrected chi connectivity index (χ2v) is 6.18. The highest BCUT2D eigenvalue weighted by atomic mass is 16.4. The number of aliphatic carboxylic acids is 1. The fourth-order valence-corrected chi connectivity index (χ4v) is 1.38. The zero-order valence-corrected chi connectivity index (χ0v) is 12.8. The van der Waals surface area contributed by atoms with Crippen LogP contribution in [0.4, 0.5) is 4.79 Å². The molecule has 0 bridgehead atoms. The molecule has 0 spiro atoms. The first-order chi connectivity index (χ1) is 8.54. The summed E-state index contributed by atoms with van der Waals surface area (Å²) in [6.45, 7) is 8.23. The maximum Gasteiger partial charge on any atom is 0.315 e. The Balaban J connectivity index is 4.36. The van der Waals surface area contributed by atoms with Gasteiger partial charge in [0.2, 0.25) is 0 Å². The summed E-state index contributed by atoms with van der Waals surface area (Å²) in [7, 11) is 3.87. The number of urea groups is 1. The molecule has 0 aliphatic heterocycles. The van der Waals surface area contributed by atoms with Gasteiger partial charge in [-0.2, -0.15) is 0 Å². The van der Waals surface area contributed by atoms with E-state index in [4.69, 9.17) is 5.11 Å². The van der Waals surface area contributed by atoms with E-state index in [-0.39, 0.29) is 23.9 Å². The largest absolute Gasteiger partial charge is 0.481 e. The van der Waals surface area contributed by atoms with E-state index in [0.29, 0.717) is 6.54 Å². The molecule has 0 aromatic heterocycles. The number of amides is 2. The van der Waals surface area contributed by atoms with E-state index in [9.17, 15) is 9.59 Å². The van der Waals surface area contributed by atoms with Crippen molar-refractivity contribution in [1.82, 2.24) is 15.5 Å². The van der Waals surface area contributed by atoms with Crippen LogP contribution in [-0.2, 0) is 4.79 Å². The Bertz CT molecular complexity index is 311. The summed E-state index contributed by atoms with van der Waals surface area (Å²) >= 11 is 0. The molecule has 2 unspecified atom stereocenters. The minimum absolute atomic E-state index is 0.0832. The lowest BCUT2D eigenvalue weighted by molar-refractivity contribution is -0.138. The van der Waals surface area contributed by atoms with Crippen LogP contribution in [0.2, 0.25) is 0 Å². The molecule has 0 heterocycles. The highest BCUT2D eigenvalue weighted by Gasteiger charge is 2.28. The average molecular weight is 273 g/mol. The summed E-state index contributed by atoms with van der Waals surface area (Å²) in [6.07, 6.45) is -0.0832. The van der Waals surface area contributed by atoms with Crippen molar-refractivity contribution in [3.8, 4) is 0 Å². The third-order valence-corrected chi connectivity index (χ3v) is 3.17. The molecule has 3 N–H and O–H groups in total. The smallest absolute Gasteiger partial charge is 0.315 e. The van der Waals surface area contributed by atoms with Crippen LogP contribution in [0.3, 0.4) is 0 Å². The van der Waals surface area contributed by atoms with E-state index >= 15 is 0 Å². The zero-order chi connectivity index (χ0) is 15.2. The molecule has 6 nitrogen and oxygen atoms in total. The Morgan fingerprint density at radius 3 is 2.16 bits per heavy atom. The van der Waals surface area contributed by atoms with Gasteiger partial charge in [0.05, 0.1) is 6.42 Å². The summed E-state index contributed by atoms with van der Waals surface area (Å²) in [6, 6.07) is -0.507. The lowest BCUT2D eigenvalue weighted by Gasteiger charge is -2.30. The van der Waals surface area contributed by atoms with Gasteiger partial charge in [0, 0.05) is 18.6 Å². The van der Waals surface area contributed by atoms with Crippen LogP contribution >= 0.6 is 0 Å². The number of carboxylic acid groups (broad SMARTS) is 1. The number of carbonyl (C=O) groups is 2. The number of likely N-dealkylation sites (N-methyl/N-ethyl adjacent to an activating group) is 1. The Morgan fingerprint density at radius 1 is 1.26 bits per heavy atom. The van der Waals surface area contributed by atoms with Gasteiger partial charge in [0.15, 0.2) is 0 Å². The first kappa shape index (κ1) is 17.7. The van der Waals surface area contributed by atoms with Crippen LogP contribution in [0.1, 0.15) is 34.1 Å². The number of rotatable bonds is 6. The fraction of sp³-hybridized carbons (Fsp3) is 0.846. The molecule has 0 fully saturated rings. The summed E-state index contributed by atoms with van der Waals surface area (Å²) in [4.78, 5) is 24.6.